The molecule has 9 heteroatoms. The molecule has 35 heavy (non-hydrogen) atoms. The Bertz CT molecular complexity index is 1120. The van der Waals surface area contributed by atoms with Crippen molar-refractivity contribution in [3.8, 4) is 11.8 Å². The van der Waals surface area contributed by atoms with E-state index in [9.17, 15) is 18.8 Å². The van der Waals surface area contributed by atoms with Crippen molar-refractivity contribution in [1.29, 1.82) is 0 Å². The lowest BCUT2D eigenvalue weighted by Gasteiger charge is -2.26. The highest BCUT2D eigenvalue weighted by molar-refractivity contribution is 6.10. The average molecular weight is 482 g/mol. The van der Waals surface area contributed by atoms with E-state index in [0.717, 1.165) is 18.0 Å². The number of carbonyl (C=O) groups excluding carboxylic acids is 3. The molecule has 0 saturated carbocycles. The van der Waals surface area contributed by atoms with Crippen molar-refractivity contribution < 1.29 is 28.6 Å². The number of ether oxygens (including phenoxy) is 1. The van der Waals surface area contributed by atoms with Gasteiger partial charge in [-0.15, -0.1) is 0 Å². The van der Waals surface area contributed by atoms with E-state index in [1.165, 1.54) is 32.3 Å². The van der Waals surface area contributed by atoms with Gasteiger partial charge in [-0.2, -0.15) is 0 Å². The first kappa shape index (κ1) is 26.0. The van der Waals surface area contributed by atoms with Crippen LogP contribution < -0.4 is 5.32 Å². The van der Waals surface area contributed by atoms with E-state index >= 15 is 0 Å². The summed E-state index contributed by atoms with van der Waals surface area (Å²) in [4.78, 5) is 39.9. The van der Waals surface area contributed by atoms with Crippen molar-refractivity contribution in [2.24, 2.45) is 0 Å². The topological polar surface area (TPSA) is 99.2 Å². The molecule has 2 N–H and O–H groups in total. The number of carbonyl (C=O) groups is 3. The minimum Gasteiger partial charge on any atom is -0.388 e. The number of ketones is 1. The molecule has 0 aliphatic carbocycles. The van der Waals surface area contributed by atoms with Crippen LogP contribution in [0.4, 0.5) is 4.39 Å². The van der Waals surface area contributed by atoms with Gasteiger partial charge < -0.3 is 20.1 Å². The number of amides is 2. The van der Waals surface area contributed by atoms with Crippen LogP contribution in [-0.2, 0) is 20.9 Å². The van der Waals surface area contributed by atoms with Crippen molar-refractivity contribution >= 4 is 17.6 Å². The predicted octanol–water partition coefficient (Wildman–Crippen LogP) is 0.806. The summed E-state index contributed by atoms with van der Waals surface area (Å²) in [5, 5.41) is 11.5. The van der Waals surface area contributed by atoms with Gasteiger partial charge in [0, 0.05) is 56.0 Å². The molecule has 0 radical (unpaired) electrons. The molecule has 184 valence electrons. The zero-order chi connectivity index (χ0) is 25.4. The van der Waals surface area contributed by atoms with E-state index in [-0.39, 0.29) is 11.4 Å². The molecule has 1 unspecified atom stereocenters. The first-order valence-corrected chi connectivity index (χ1v) is 11.2. The maximum absolute atomic E-state index is 14.5. The summed E-state index contributed by atoms with van der Waals surface area (Å²) >= 11 is 0. The molecule has 2 aromatic carbocycles. The Hall–Kier alpha value is -3.58. The molecule has 1 aliphatic heterocycles. The molecule has 1 saturated heterocycles. The third kappa shape index (κ3) is 6.73. The molecule has 0 spiro atoms. The van der Waals surface area contributed by atoms with Crippen LogP contribution >= 0.6 is 0 Å². The Labute approximate surface area is 203 Å². The predicted molar refractivity (Wildman–Crippen MR) is 127 cm³/mol. The Morgan fingerprint density at radius 3 is 2.34 bits per heavy atom. The number of morpholine rings is 1. The van der Waals surface area contributed by atoms with Gasteiger partial charge in [-0.3, -0.25) is 19.3 Å². The van der Waals surface area contributed by atoms with Crippen molar-refractivity contribution in [2.45, 2.75) is 12.6 Å². The zero-order valence-corrected chi connectivity index (χ0v) is 19.7. The van der Waals surface area contributed by atoms with Crippen molar-refractivity contribution in [3.63, 3.8) is 0 Å². The summed E-state index contributed by atoms with van der Waals surface area (Å²) in [6.07, 6.45) is 0. The molecule has 0 bridgehead atoms. The van der Waals surface area contributed by atoms with Crippen molar-refractivity contribution in [3.05, 3.63) is 70.5 Å². The van der Waals surface area contributed by atoms with E-state index in [1.54, 1.807) is 24.3 Å². The monoisotopic (exact) mass is 481 g/mol. The maximum atomic E-state index is 14.5. The first-order chi connectivity index (χ1) is 16.8. The molecule has 1 fully saturated rings. The van der Waals surface area contributed by atoms with E-state index in [4.69, 9.17) is 9.84 Å². The third-order valence-corrected chi connectivity index (χ3v) is 5.70. The number of benzene rings is 2. The summed E-state index contributed by atoms with van der Waals surface area (Å²) in [7, 11) is 2.66. The standard InChI is InChI=1S/C26H28FN3O5/c1-28-25(33)24(23(32)17-31)29(2)26(34)20-8-5-18(6-9-20)3-4-19-7-10-21(22(27)15-19)16-30-11-13-35-14-12-30/h5-10,15,24,31H,11-14,16-17H2,1-2H3,(H,28,33). The minimum absolute atomic E-state index is 0.246. The van der Waals surface area contributed by atoms with Gasteiger partial charge >= 0.3 is 0 Å². The van der Waals surface area contributed by atoms with E-state index < -0.39 is 30.2 Å². The summed E-state index contributed by atoms with van der Waals surface area (Å²) in [5.41, 5.74) is 2.00. The largest absolute Gasteiger partial charge is 0.388 e. The Balaban J connectivity index is 1.68. The van der Waals surface area contributed by atoms with Crippen molar-refractivity contribution in [1.82, 2.24) is 15.1 Å². The number of nitrogens with zero attached hydrogens (tertiary/aromatic N) is 2. The Kier molecular flexibility index (Phi) is 9.09. The van der Waals surface area contributed by atoms with Crippen molar-refractivity contribution in [2.75, 3.05) is 47.0 Å². The summed E-state index contributed by atoms with van der Waals surface area (Å²) in [6.45, 7) is 2.53. The van der Waals surface area contributed by atoms with Crippen LogP contribution in [0.2, 0.25) is 0 Å². The Morgan fingerprint density at radius 1 is 1.11 bits per heavy atom. The normalized spacial score (nSPS) is 14.4. The second-order valence-corrected chi connectivity index (χ2v) is 8.08. The van der Waals surface area contributed by atoms with E-state index in [0.29, 0.717) is 36.4 Å². The number of hydrogen-bond acceptors (Lipinski definition) is 6. The SMILES string of the molecule is CNC(=O)C(C(=O)CO)N(C)C(=O)c1ccc(C#Cc2ccc(CN3CCOCC3)c(F)c2)cc1. The van der Waals surface area contributed by atoms with Crippen LogP contribution in [0.3, 0.4) is 0 Å². The van der Waals surface area contributed by atoms with Gasteiger partial charge in [0.25, 0.3) is 5.91 Å². The number of likely N-dealkylation sites (N-methyl/N-ethyl adjacent to an activating group) is 2. The lowest BCUT2D eigenvalue weighted by molar-refractivity contribution is -0.135. The molecule has 1 atom stereocenters. The smallest absolute Gasteiger partial charge is 0.254 e. The molecule has 2 amide bonds. The van der Waals surface area contributed by atoms with Gasteiger partial charge in [0.05, 0.1) is 13.2 Å². The second-order valence-electron chi connectivity index (χ2n) is 8.08. The number of rotatable bonds is 7. The highest BCUT2D eigenvalue weighted by Gasteiger charge is 2.32. The van der Waals surface area contributed by atoms with Crippen LogP contribution in [0, 0.1) is 17.7 Å². The number of hydrogen-bond donors (Lipinski definition) is 2. The molecule has 8 nitrogen and oxygen atoms in total. The van der Waals surface area contributed by atoms with Crippen LogP contribution in [0.25, 0.3) is 0 Å². The Morgan fingerprint density at radius 2 is 1.74 bits per heavy atom. The lowest BCUT2D eigenvalue weighted by atomic mass is 10.1. The number of Topliss-reactive ketones (excluding diaryl/α,β-unsaturated/α-hetero) is 1. The fourth-order valence-corrected chi connectivity index (χ4v) is 3.68. The minimum atomic E-state index is -1.43. The van der Waals surface area contributed by atoms with Crippen LogP contribution in [0.15, 0.2) is 42.5 Å². The molecular formula is C26H28FN3O5. The molecule has 1 heterocycles. The number of aliphatic hydroxyl groups is 1. The molecule has 2 aromatic rings. The highest BCUT2D eigenvalue weighted by Crippen LogP contribution is 2.14. The van der Waals surface area contributed by atoms with Crippen LogP contribution in [-0.4, -0.2) is 85.6 Å². The summed E-state index contributed by atoms with van der Waals surface area (Å²) in [5.74, 6) is 3.52. The third-order valence-electron chi connectivity index (χ3n) is 5.70. The average Bonchev–Trinajstić information content (AvgIpc) is 2.89. The summed E-state index contributed by atoms with van der Waals surface area (Å²) < 4.78 is 19.9. The molecule has 3 rings (SSSR count). The highest BCUT2D eigenvalue weighted by atomic mass is 19.1. The maximum Gasteiger partial charge on any atom is 0.254 e. The molecule has 0 aromatic heterocycles. The number of aliphatic hydroxyl groups excluding tert-OH is 1. The van der Waals surface area contributed by atoms with Gasteiger partial charge in [-0.25, -0.2) is 4.39 Å². The fourth-order valence-electron chi connectivity index (χ4n) is 3.68. The quantitative estimate of drug-likeness (QED) is 0.449. The zero-order valence-electron chi connectivity index (χ0n) is 19.7. The van der Waals surface area contributed by atoms with Gasteiger partial charge in [0.1, 0.15) is 12.4 Å². The van der Waals surface area contributed by atoms with Gasteiger partial charge in [-0.1, -0.05) is 17.9 Å². The lowest BCUT2D eigenvalue weighted by Crippen LogP contribution is -2.52. The molecule has 1 aliphatic rings. The second kappa shape index (κ2) is 12.2. The van der Waals surface area contributed by atoms with Crippen LogP contribution in [0.1, 0.15) is 27.0 Å². The number of nitrogens with one attached hydrogen (secondary N) is 1. The van der Waals surface area contributed by atoms with Gasteiger partial charge in [0.2, 0.25) is 5.91 Å². The van der Waals surface area contributed by atoms with Crippen LogP contribution in [0.5, 0.6) is 0 Å². The molecular weight excluding hydrogens is 453 g/mol. The number of halogens is 1. The van der Waals surface area contributed by atoms with E-state index in [1.807, 2.05) is 0 Å². The fraction of sp³-hybridized carbons (Fsp3) is 0.346. The first-order valence-electron chi connectivity index (χ1n) is 11.2. The summed E-state index contributed by atoms with van der Waals surface area (Å²) in [6, 6.07) is 9.79. The van der Waals surface area contributed by atoms with E-state index in [2.05, 4.69) is 22.1 Å². The van der Waals surface area contributed by atoms with Gasteiger partial charge in [0.15, 0.2) is 11.8 Å². The van der Waals surface area contributed by atoms with Gasteiger partial charge in [-0.05, 0) is 36.4 Å².